The van der Waals surface area contributed by atoms with Crippen LogP contribution in [0.1, 0.15) is 29.9 Å². The van der Waals surface area contributed by atoms with Gasteiger partial charge in [-0.15, -0.1) is 0 Å². The summed E-state index contributed by atoms with van der Waals surface area (Å²) in [6.45, 7) is 2.68. The van der Waals surface area contributed by atoms with Crippen molar-refractivity contribution in [2.24, 2.45) is 0 Å². The van der Waals surface area contributed by atoms with E-state index in [0.717, 1.165) is 24.3 Å². The van der Waals surface area contributed by atoms with E-state index in [1.54, 1.807) is 0 Å². The number of anilines is 1. The highest BCUT2D eigenvalue weighted by Crippen LogP contribution is 2.25. The van der Waals surface area contributed by atoms with Crippen LogP contribution >= 0.6 is 0 Å². The molecule has 138 valence electrons. The number of halogens is 2. The van der Waals surface area contributed by atoms with Gasteiger partial charge in [0.2, 0.25) is 21.6 Å². The number of benzene rings is 1. The molecule has 0 fully saturated rings. The lowest BCUT2D eigenvalue weighted by atomic mass is 10.1. The first-order valence-electron chi connectivity index (χ1n) is 7.19. The molecule has 0 aliphatic heterocycles. The van der Waals surface area contributed by atoms with Crippen LogP contribution in [0.3, 0.4) is 0 Å². The van der Waals surface area contributed by atoms with Crippen LogP contribution in [0.15, 0.2) is 30.3 Å². The van der Waals surface area contributed by atoms with E-state index in [1.807, 2.05) is 4.72 Å². The minimum absolute atomic E-state index is 0.485. The zero-order chi connectivity index (χ0) is 19.6. The average molecular weight is 385 g/mol. The first-order chi connectivity index (χ1) is 12.0. The Labute approximate surface area is 147 Å². The molecule has 0 unspecified atom stereocenters. The minimum Gasteiger partial charge on any atom is -0.287 e. The van der Waals surface area contributed by atoms with Crippen molar-refractivity contribution < 1.29 is 26.9 Å². The highest BCUT2D eigenvalue weighted by molar-refractivity contribution is 7.93. The monoisotopic (exact) mass is 385 g/mol. The molecule has 0 bridgehead atoms. The van der Waals surface area contributed by atoms with Crippen molar-refractivity contribution in [1.29, 1.82) is 0 Å². The first kappa shape index (κ1) is 19.4. The summed E-state index contributed by atoms with van der Waals surface area (Å²) in [5, 5.41) is 10.1. The van der Waals surface area contributed by atoms with Crippen molar-refractivity contribution in [3.05, 3.63) is 63.3 Å². The molecule has 2 aromatic rings. The number of carbonyl (C=O) groups excluding carboxylic acids is 1. The van der Waals surface area contributed by atoms with Crippen LogP contribution in [0, 0.1) is 21.7 Å². The Hall–Kier alpha value is -2.95. The van der Waals surface area contributed by atoms with Crippen LogP contribution in [-0.2, 0) is 10.0 Å². The van der Waals surface area contributed by atoms with E-state index < -0.39 is 60.4 Å². The number of aromatic nitrogens is 1. The average Bonchev–Trinajstić information content (AvgIpc) is 2.55. The van der Waals surface area contributed by atoms with Crippen molar-refractivity contribution in [2.75, 3.05) is 4.72 Å². The molecule has 1 N–H and O–H groups in total. The number of rotatable bonds is 6. The number of nitrogens with one attached hydrogen (secondary N) is 1. The summed E-state index contributed by atoms with van der Waals surface area (Å²) >= 11 is 0. The van der Waals surface area contributed by atoms with E-state index >= 15 is 0 Å². The molecule has 1 aromatic heterocycles. The second-order valence-corrected chi connectivity index (χ2v) is 7.71. The van der Waals surface area contributed by atoms with Gasteiger partial charge in [-0.2, -0.15) is 0 Å². The largest absolute Gasteiger partial charge is 0.312 e. The fraction of sp³-hybridized carbons (Fsp3) is 0.200. The molecule has 0 saturated heterocycles. The van der Waals surface area contributed by atoms with E-state index in [1.165, 1.54) is 13.8 Å². The number of carbonyl (C=O) groups is 1. The molecular weight excluding hydrogens is 372 g/mol. The second kappa shape index (κ2) is 7.12. The quantitative estimate of drug-likeness (QED) is 0.464. The molecule has 11 heteroatoms. The van der Waals surface area contributed by atoms with E-state index in [2.05, 4.69) is 4.98 Å². The van der Waals surface area contributed by atoms with Crippen molar-refractivity contribution in [2.45, 2.75) is 19.1 Å². The predicted molar refractivity (Wildman–Crippen MR) is 88.4 cm³/mol. The maximum Gasteiger partial charge on any atom is 0.312 e. The number of ketones is 1. The molecule has 0 aliphatic carbocycles. The Morgan fingerprint density at radius 2 is 1.88 bits per heavy atom. The fourth-order valence-corrected chi connectivity index (χ4v) is 2.52. The van der Waals surface area contributed by atoms with Crippen molar-refractivity contribution in [1.82, 2.24) is 4.98 Å². The van der Waals surface area contributed by atoms with Gasteiger partial charge in [0.1, 0.15) is 17.3 Å². The zero-order valence-electron chi connectivity index (χ0n) is 13.6. The number of hydrogen-bond acceptors (Lipinski definition) is 6. The minimum atomic E-state index is -3.99. The van der Waals surface area contributed by atoms with E-state index in [-0.39, 0.29) is 0 Å². The van der Waals surface area contributed by atoms with Crippen LogP contribution in [0.4, 0.5) is 20.3 Å². The molecule has 0 aliphatic rings. The molecule has 0 saturated carbocycles. The van der Waals surface area contributed by atoms with Gasteiger partial charge < -0.3 is 0 Å². The van der Waals surface area contributed by atoms with E-state index in [9.17, 15) is 32.1 Å². The van der Waals surface area contributed by atoms with Gasteiger partial charge in [0.25, 0.3) is 0 Å². The third kappa shape index (κ3) is 3.99. The highest BCUT2D eigenvalue weighted by Gasteiger charge is 2.26. The van der Waals surface area contributed by atoms with E-state index in [0.29, 0.717) is 6.07 Å². The van der Waals surface area contributed by atoms with Gasteiger partial charge >= 0.3 is 5.69 Å². The maximum absolute atomic E-state index is 13.8. The fourth-order valence-electron chi connectivity index (χ4n) is 1.86. The van der Waals surface area contributed by atoms with Gasteiger partial charge in [0, 0.05) is 6.07 Å². The molecule has 2 rings (SSSR count). The number of nitrogens with zero attached hydrogens (tertiary/aromatic N) is 2. The molecule has 0 spiro atoms. The third-order valence-electron chi connectivity index (χ3n) is 3.34. The third-order valence-corrected chi connectivity index (χ3v) is 5.05. The molecule has 0 amide bonds. The Kier molecular flexibility index (Phi) is 5.30. The van der Waals surface area contributed by atoms with Crippen LogP contribution in [0.25, 0.3) is 0 Å². The van der Waals surface area contributed by atoms with Gasteiger partial charge in [0.05, 0.1) is 15.7 Å². The maximum atomic E-state index is 13.8. The molecule has 0 radical (unpaired) electrons. The Balaban J connectivity index is 2.55. The molecule has 8 nitrogen and oxygen atoms in total. The summed E-state index contributed by atoms with van der Waals surface area (Å²) in [5.74, 6) is -3.62. The summed E-state index contributed by atoms with van der Waals surface area (Å²) in [5.41, 5.74) is -1.81. The molecule has 26 heavy (non-hydrogen) atoms. The lowest BCUT2D eigenvalue weighted by Crippen LogP contribution is -2.24. The van der Waals surface area contributed by atoms with Gasteiger partial charge in [-0.25, -0.2) is 22.2 Å². The number of nitro groups is 1. The zero-order valence-corrected chi connectivity index (χ0v) is 14.4. The van der Waals surface area contributed by atoms with Crippen LogP contribution < -0.4 is 4.72 Å². The Bertz CT molecular complexity index is 993. The van der Waals surface area contributed by atoms with Crippen LogP contribution in [0.2, 0.25) is 0 Å². The summed E-state index contributed by atoms with van der Waals surface area (Å²) in [4.78, 5) is 26.2. The summed E-state index contributed by atoms with van der Waals surface area (Å²) in [7, 11) is -3.99. The summed E-state index contributed by atoms with van der Waals surface area (Å²) in [6, 6.07) is 4.00. The van der Waals surface area contributed by atoms with Crippen molar-refractivity contribution >= 4 is 27.3 Å². The highest BCUT2D eigenvalue weighted by atomic mass is 32.2. The molecule has 0 atom stereocenters. The summed E-state index contributed by atoms with van der Waals surface area (Å²) in [6.07, 6.45) is 0. The first-order valence-corrected chi connectivity index (χ1v) is 8.74. The predicted octanol–water partition coefficient (Wildman–Crippen LogP) is 2.65. The Morgan fingerprint density at radius 1 is 1.23 bits per heavy atom. The number of pyridine rings is 1. The molecule has 1 heterocycles. The standard InChI is InChI=1S/C15H13F2N3O5S/c1-8(2)26(24,25)19-15-13(20(22)23)6-5-12(18-15)14(21)10-7-9(16)3-4-11(10)17/h3-8H,1-2H3,(H,18,19). The molecule has 1 aromatic carbocycles. The van der Waals surface area contributed by atoms with Crippen LogP contribution in [-0.4, -0.2) is 29.4 Å². The van der Waals surface area contributed by atoms with Gasteiger partial charge in [0.15, 0.2) is 0 Å². The summed E-state index contributed by atoms with van der Waals surface area (Å²) < 4.78 is 52.9. The van der Waals surface area contributed by atoms with Crippen molar-refractivity contribution in [3.63, 3.8) is 0 Å². The number of hydrogen-bond donors (Lipinski definition) is 1. The lowest BCUT2D eigenvalue weighted by Gasteiger charge is -2.11. The Morgan fingerprint density at radius 3 is 2.46 bits per heavy atom. The van der Waals surface area contributed by atoms with E-state index in [4.69, 9.17) is 0 Å². The lowest BCUT2D eigenvalue weighted by molar-refractivity contribution is -0.384. The van der Waals surface area contributed by atoms with Gasteiger partial charge in [-0.3, -0.25) is 19.6 Å². The second-order valence-electron chi connectivity index (χ2n) is 5.47. The van der Waals surface area contributed by atoms with Crippen LogP contribution in [0.5, 0.6) is 0 Å². The smallest absolute Gasteiger partial charge is 0.287 e. The van der Waals surface area contributed by atoms with Gasteiger partial charge in [-0.05, 0) is 38.1 Å². The van der Waals surface area contributed by atoms with Crippen molar-refractivity contribution in [3.8, 4) is 0 Å². The topological polar surface area (TPSA) is 119 Å². The molecular formula is C15H13F2N3O5S. The number of sulfonamides is 1. The normalized spacial score (nSPS) is 11.4. The van der Waals surface area contributed by atoms with Gasteiger partial charge in [-0.1, -0.05) is 0 Å². The SMILES string of the molecule is CC(C)S(=O)(=O)Nc1nc(C(=O)c2cc(F)ccc2F)ccc1[N+](=O)[O-].